The molecular weight excluding hydrogens is 360 g/mol. The van der Waals surface area contributed by atoms with E-state index in [9.17, 15) is 4.79 Å². The number of hydrogen-bond donors (Lipinski definition) is 1. The van der Waals surface area contributed by atoms with E-state index < -0.39 is 0 Å². The van der Waals surface area contributed by atoms with Crippen molar-refractivity contribution >= 4 is 21.8 Å². The molecule has 0 unspecified atom stereocenters. The van der Waals surface area contributed by atoms with Gasteiger partial charge in [-0.15, -0.1) is 5.10 Å². The van der Waals surface area contributed by atoms with Crippen molar-refractivity contribution in [2.75, 3.05) is 6.54 Å². The molecule has 0 aliphatic rings. The lowest BCUT2D eigenvalue weighted by atomic mass is 10.1. The van der Waals surface area contributed by atoms with E-state index in [0.29, 0.717) is 17.8 Å². The Kier molecular flexibility index (Phi) is 4.72. The molecule has 8 heteroatoms. The van der Waals surface area contributed by atoms with E-state index >= 15 is 0 Å². The minimum absolute atomic E-state index is 0.175. The van der Waals surface area contributed by atoms with Crippen molar-refractivity contribution in [2.24, 2.45) is 0 Å². The van der Waals surface area contributed by atoms with E-state index in [1.165, 1.54) is 11.0 Å². The molecule has 0 atom stereocenters. The summed E-state index contributed by atoms with van der Waals surface area (Å²) in [4.78, 5) is 16.4. The van der Waals surface area contributed by atoms with E-state index in [4.69, 9.17) is 0 Å². The first-order chi connectivity index (χ1) is 11.2. The van der Waals surface area contributed by atoms with Gasteiger partial charge in [-0.1, -0.05) is 15.9 Å². The third kappa shape index (κ3) is 3.78. The largest absolute Gasteiger partial charge is 0.352 e. The maximum Gasteiger partial charge on any atom is 0.253 e. The van der Waals surface area contributed by atoms with Crippen LogP contribution in [0, 0.1) is 0 Å². The Morgan fingerprint density at radius 1 is 1.22 bits per heavy atom. The highest BCUT2D eigenvalue weighted by Gasteiger charge is 2.14. The van der Waals surface area contributed by atoms with Crippen molar-refractivity contribution in [3.8, 4) is 5.69 Å². The predicted octanol–water partition coefficient (Wildman–Crippen LogP) is 1.79. The number of carbonyl (C=O) groups excluding carboxylic acids is 1. The molecule has 3 aromatic rings. The number of halogens is 1. The number of amides is 1. The van der Waals surface area contributed by atoms with E-state index in [1.54, 1.807) is 24.5 Å². The number of pyridine rings is 1. The summed E-state index contributed by atoms with van der Waals surface area (Å²) >= 11 is 3.38. The Morgan fingerprint density at radius 3 is 2.78 bits per heavy atom. The van der Waals surface area contributed by atoms with Crippen molar-refractivity contribution in [3.05, 3.63) is 64.7 Å². The van der Waals surface area contributed by atoms with E-state index in [1.807, 2.05) is 18.2 Å². The Balaban J connectivity index is 1.73. The van der Waals surface area contributed by atoms with Crippen LogP contribution in [0.5, 0.6) is 0 Å². The van der Waals surface area contributed by atoms with Crippen LogP contribution >= 0.6 is 15.9 Å². The van der Waals surface area contributed by atoms with Gasteiger partial charge in [-0.05, 0) is 52.7 Å². The van der Waals surface area contributed by atoms with E-state index in [0.717, 1.165) is 16.5 Å². The summed E-state index contributed by atoms with van der Waals surface area (Å²) in [6, 6.07) is 9.23. The first kappa shape index (κ1) is 15.3. The van der Waals surface area contributed by atoms with Gasteiger partial charge >= 0.3 is 0 Å². The van der Waals surface area contributed by atoms with Gasteiger partial charge in [0, 0.05) is 23.4 Å². The molecule has 1 aromatic carbocycles. The number of aromatic nitrogens is 5. The predicted molar refractivity (Wildman–Crippen MR) is 87.1 cm³/mol. The van der Waals surface area contributed by atoms with Crippen molar-refractivity contribution in [1.29, 1.82) is 0 Å². The molecule has 0 saturated carbocycles. The molecule has 0 aliphatic heterocycles. The first-order valence-electron chi connectivity index (χ1n) is 6.94. The number of tetrazole rings is 1. The monoisotopic (exact) mass is 372 g/mol. The summed E-state index contributed by atoms with van der Waals surface area (Å²) in [5, 5.41) is 14.0. The summed E-state index contributed by atoms with van der Waals surface area (Å²) in [6.45, 7) is 0.532. The van der Waals surface area contributed by atoms with E-state index in [-0.39, 0.29) is 5.91 Å². The van der Waals surface area contributed by atoms with Crippen LogP contribution in [0.25, 0.3) is 5.69 Å². The maximum atomic E-state index is 12.5. The molecule has 0 saturated heterocycles. The number of carbonyl (C=O) groups is 1. The molecule has 0 bridgehead atoms. The van der Waals surface area contributed by atoms with Crippen LogP contribution in [0.15, 0.2) is 53.5 Å². The van der Waals surface area contributed by atoms with Gasteiger partial charge in [0.05, 0.1) is 11.3 Å². The molecule has 2 aromatic heterocycles. The zero-order valence-corrected chi connectivity index (χ0v) is 13.6. The first-order valence-corrected chi connectivity index (χ1v) is 7.73. The van der Waals surface area contributed by atoms with Gasteiger partial charge in [-0.25, -0.2) is 0 Å². The number of benzene rings is 1. The highest BCUT2D eigenvalue weighted by atomic mass is 79.9. The van der Waals surface area contributed by atoms with Crippen LogP contribution in [0.2, 0.25) is 0 Å². The van der Waals surface area contributed by atoms with Crippen LogP contribution in [0.4, 0.5) is 0 Å². The molecule has 1 N–H and O–H groups in total. The van der Waals surface area contributed by atoms with Crippen LogP contribution in [0.1, 0.15) is 15.9 Å². The molecule has 0 aliphatic carbocycles. The Bertz CT molecular complexity index is 791. The standard InChI is InChI=1S/C15H13BrN6O/c16-12-1-2-14(22-10-19-20-21-22)13(9-12)15(23)18-8-5-11-3-6-17-7-4-11/h1-4,6-7,9-10H,5,8H2,(H,18,23). The van der Waals surface area contributed by atoms with Gasteiger partial charge in [-0.2, -0.15) is 4.68 Å². The minimum atomic E-state index is -0.175. The van der Waals surface area contributed by atoms with Gasteiger partial charge in [0.15, 0.2) is 0 Å². The van der Waals surface area contributed by atoms with Gasteiger partial charge in [0.2, 0.25) is 0 Å². The smallest absolute Gasteiger partial charge is 0.253 e. The summed E-state index contributed by atoms with van der Waals surface area (Å²) in [7, 11) is 0. The molecule has 23 heavy (non-hydrogen) atoms. The second kappa shape index (κ2) is 7.10. The summed E-state index contributed by atoms with van der Waals surface area (Å²) in [6.07, 6.45) is 5.67. The third-order valence-corrected chi connectivity index (χ3v) is 3.74. The second-order valence-electron chi connectivity index (χ2n) is 4.78. The fourth-order valence-electron chi connectivity index (χ4n) is 2.13. The van der Waals surface area contributed by atoms with Crippen molar-refractivity contribution in [1.82, 2.24) is 30.5 Å². The average molecular weight is 373 g/mol. The zero-order chi connectivity index (χ0) is 16.1. The van der Waals surface area contributed by atoms with E-state index in [2.05, 4.69) is 41.8 Å². The summed E-state index contributed by atoms with van der Waals surface area (Å²) < 4.78 is 2.28. The molecule has 0 fully saturated rings. The van der Waals surface area contributed by atoms with Gasteiger partial charge in [-0.3, -0.25) is 9.78 Å². The van der Waals surface area contributed by atoms with Crippen molar-refractivity contribution in [2.45, 2.75) is 6.42 Å². The molecule has 3 rings (SSSR count). The van der Waals surface area contributed by atoms with Crippen LogP contribution < -0.4 is 5.32 Å². The van der Waals surface area contributed by atoms with Crippen molar-refractivity contribution < 1.29 is 4.79 Å². The van der Waals surface area contributed by atoms with Crippen LogP contribution in [0.3, 0.4) is 0 Å². The summed E-state index contributed by atoms with van der Waals surface area (Å²) in [5.41, 5.74) is 2.25. The third-order valence-electron chi connectivity index (χ3n) is 3.25. The topological polar surface area (TPSA) is 85.6 Å². The maximum absolute atomic E-state index is 12.5. The SMILES string of the molecule is O=C(NCCc1ccncc1)c1cc(Br)ccc1-n1cnnn1. The zero-order valence-electron chi connectivity index (χ0n) is 12.1. The highest BCUT2D eigenvalue weighted by Crippen LogP contribution is 2.19. The average Bonchev–Trinajstić information content (AvgIpc) is 3.10. The lowest BCUT2D eigenvalue weighted by molar-refractivity contribution is 0.0954. The quantitative estimate of drug-likeness (QED) is 0.737. The Hall–Kier alpha value is -2.61. The van der Waals surface area contributed by atoms with Gasteiger partial charge in [0.1, 0.15) is 6.33 Å². The Labute approximate surface area is 140 Å². The molecule has 0 spiro atoms. The van der Waals surface area contributed by atoms with Crippen LogP contribution in [-0.2, 0) is 6.42 Å². The van der Waals surface area contributed by atoms with Gasteiger partial charge < -0.3 is 5.32 Å². The number of rotatable bonds is 5. The lowest BCUT2D eigenvalue weighted by Crippen LogP contribution is -2.27. The fourth-order valence-corrected chi connectivity index (χ4v) is 2.49. The molecule has 0 radical (unpaired) electrons. The normalized spacial score (nSPS) is 10.5. The molecule has 2 heterocycles. The lowest BCUT2D eigenvalue weighted by Gasteiger charge is -2.10. The van der Waals surface area contributed by atoms with Crippen LogP contribution in [-0.4, -0.2) is 37.6 Å². The number of nitrogens with one attached hydrogen (secondary N) is 1. The minimum Gasteiger partial charge on any atom is -0.352 e. The molecule has 116 valence electrons. The Morgan fingerprint density at radius 2 is 2.04 bits per heavy atom. The van der Waals surface area contributed by atoms with Crippen molar-refractivity contribution in [3.63, 3.8) is 0 Å². The summed E-state index contributed by atoms with van der Waals surface area (Å²) in [5.74, 6) is -0.175. The molecule has 1 amide bonds. The number of hydrogen-bond acceptors (Lipinski definition) is 5. The van der Waals surface area contributed by atoms with Gasteiger partial charge in [0.25, 0.3) is 5.91 Å². The number of nitrogens with zero attached hydrogens (tertiary/aromatic N) is 5. The second-order valence-corrected chi connectivity index (χ2v) is 5.69. The molecule has 7 nitrogen and oxygen atoms in total. The molecular formula is C15H13BrN6O. The highest BCUT2D eigenvalue weighted by molar-refractivity contribution is 9.10. The fraction of sp³-hybridized carbons (Fsp3) is 0.133.